The highest BCUT2D eigenvalue weighted by Gasteiger charge is 2.07. The summed E-state index contributed by atoms with van der Waals surface area (Å²) in [4.78, 5) is 18.9. The summed E-state index contributed by atoms with van der Waals surface area (Å²) in [6, 6.07) is 7.26. The molecule has 1 aromatic heterocycles. The van der Waals surface area contributed by atoms with Crippen LogP contribution < -0.4 is 10.9 Å². The predicted octanol–water partition coefficient (Wildman–Crippen LogP) is 3.35. The van der Waals surface area contributed by atoms with Crippen molar-refractivity contribution in [2.24, 2.45) is 0 Å². The monoisotopic (exact) mass is 355 g/mol. The number of nitrogens with zero attached hydrogens (tertiary/aromatic N) is 1. The molecule has 0 aliphatic carbocycles. The number of hydrogen-bond acceptors (Lipinski definition) is 3. The number of halogens is 2. The van der Waals surface area contributed by atoms with E-state index in [-0.39, 0.29) is 5.56 Å². The molecule has 0 radical (unpaired) electrons. The molecule has 106 valence electrons. The second-order valence-corrected chi connectivity index (χ2v) is 6.01. The predicted molar refractivity (Wildman–Crippen MR) is 85.0 cm³/mol. The third-order valence-electron chi connectivity index (χ3n) is 2.68. The van der Waals surface area contributed by atoms with Crippen molar-refractivity contribution < 1.29 is 0 Å². The summed E-state index contributed by atoms with van der Waals surface area (Å²) < 4.78 is 0.769. The normalized spacial score (nSPS) is 11.1. The zero-order chi connectivity index (χ0) is 14.7. The molecule has 0 spiro atoms. The van der Waals surface area contributed by atoms with Crippen LogP contribution in [0.1, 0.15) is 19.5 Å². The lowest BCUT2D eigenvalue weighted by Crippen LogP contribution is -2.24. The SMILES string of the molecule is CC(C)NCc1cc(=O)[nH]c(-c2ccc(Cl)c(Br)c2)n1. The van der Waals surface area contributed by atoms with Crippen LogP contribution in [-0.4, -0.2) is 16.0 Å². The largest absolute Gasteiger partial charge is 0.309 e. The van der Waals surface area contributed by atoms with Crippen LogP contribution in [0.5, 0.6) is 0 Å². The van der Waals surface area contributed by atoms with Crippen molar-refractivity contribution in [3.05, 3.63) is 49.8 Å². The minimum Gasteiger partial charge on any atom is -0.309 e. The Hall–Kier alpha value is -1.17. The highest BCUT2D eigenvalue weighted by Crippen LogP contribution is 2.26. The average Bonchev–Trinajstić information content (AvgIpc) is 2.39. The first-order valence-corrected chi connectivity index (χ1v) is 7.42. The van der Waals surface area contributed by atoms with Crippen molar-refractivity contribution in [3.8, 4) is 11.4 Å². The molecule has 0 saturated carbocycles. The molecule has 0 aliphatic rings. The smallest absolute Gasteiger partial charge is 0.251 e. The number of H-pyrrole nitrogens is 1. The zero-order valence-corrected chi connectivity index (χ0v) is 13.5. The molecule has 20 heavy (non-hydrogen) atoms. The number of aromatic nitrogens is 2. The fraction of sp³-hybridized carbons (Fsp3) is 0.286. The molecular weight excluding hydrogens is 342 g/mol. The molecule has 0 unspecified atom stereocenters. The van der Waals surface area contributed by atoms with Crippen LogP contribution in [0.25, 0.3) is 11.4 Å². The van der Waals surface area contributed by atoms with Crippen LogP contribution in [0.4, 0.5) is 0 Å². The molecule has 0 fully saturated rings. The van der Waals surface area contributed by atoms with Gasteiger partial charge in [-0.2, -0.15) is 0 Å². The summed E-state index contributed by atoms with van der Waals surface area (Å²) in [7, 11) is 0. The van der Waals surface area contributed by atoms with Gasteiger partial charge in [0.05, 0.1) is 10.7 Å². The van der Waals surface area contributed by atoms with Crippen LogP contribution in [-0.2, 0) is 6.54 Å². The van der Waals surface area contributed by atoms with Crippen molar-refractivity contribution in [2.75, 3.05) is 0 Å². The second kappa shape index (κ2) is 6.52. The van der Waals surface area contributed by atoms with Gasteiger partial charge in [0, 0.05) is 28.7 Å². The fourth-order valence-electron chi connectivity index (χ4n) is 1.69. The fourth-order valence-corrected chi connectivity index (χ4v) is 2.18. The lowest BCUT2D eigenvalue weighted by molar-refractivity contribution is 0.580. The van der Waals surface area contributed by atoms with Crippen molar-refractivity contribution in [3.63, 3.8) is 0 Å². The Labute approximate surface area is 130 Å². The van der Waals surface area contributed by atoms with Gasteiger partial charge in [-0.25, -0.2) is 4.98 Å². The molecule has 4 nitrogen and oxygen atoms in total. The first-order chi connectivity index (χ1) is 9.45. The minimum atomic E-state index is -0.165. The third-order valence-corrected chi connectivity index (χ3v) is 3.89. The van der Waals surface area contributed by atoms with Crippen molar-refractivity contribution in [1.29, 1.82) is 0 Å². The Bertz CT molecular complexity index is 670. The number of benzene rings is 1. The molecule has 2 N–H and O–H groups in total. The maximum absolute atomic E-state index is 11.7. The standard InChI is InChI=1S/C14H15BrClN3O/c1-8(2)17-7-10-6-13(20)19-14(18-10)9-3-4-12(16)11(15)5-9/h3-6,8,17H,7H2,1-2H3,(H,18,19,20). The van der Waals surface area contributed by atoms with E-state index in [4.69, 9.17) is 11.6 Å². The molecular formula is C14H15BrClN3O. The molecule has 1 aromatic carbocycles. The Morgan fingerprint density at radius 2 is 2.15 bits per heavy atom. The highest BCUT2D eigenvalue weighted by molar-refractivity contribution is 9.10. The van der Waals surface area contributed by atoms with E-state index in [1.54, 1.807) is 6.07 Å². The summed E-state index contributed by atoms with van der Waals surface area (Å²) in [5.74, 6) is 0.537. The van der Waals surface area contributed by atoms with E-state index >= 15 is 0 Å². The van der Waals surface area contributed by atoms with Crippen LogP contribution >= 0.6 is 27.5 Å². The Kier molecular flexibility index (Phi) is 4.96. The number of rotatable bonds is 4. The van der Waals surface area contributed by atoms with Crippen LogP contribution in [0.3, 0.4) is 0 Å². The number of nitrogens with one attached hydrogen (secondary N) is 2. The molecule has 1 heterocycles. The third kappa shape index (κ3) is 3.91. The van der Waals surface area contributed by atoms with Gasteiger partial charge in [-0.1, -0.05) is 25.4 Å². The first-order valence-electron chi connectivity index (χ1n) is 6.25. The molecule has 2 aromatic rings. The topological polar surface area (TPSA) is 57.8 Å². The second-order valence-electron chi connectivity index (χ2n) is 4.75. The van der Waals surface area contributed by atoms with Crippen LogP contribution in [0.15, 0.2) is 33.5 Å². The number of aromatic amines is 1. The van der Waals surface area contributed by atoms with Gasteiger partial charge >= 0.3 is 0 Å². The molecule has 2 rings (SSSR count). The molecule has 0 saturated heterocycles. The van der Waals surface area contributed by atoms with Crippen molar-refractivity contribution in [2.45, 2.75) is 26.4 Å². The van der Waals surface area contributed by atoms with Gasteiger partial charge in [0.2, 0.25) is 0 Å². The van der Waals surface area contributed by atoms with Gasteiger partial charge in [0.15, 0.2) is 0 Å². The molecule has 6 heteroatoms. The minimum absolute atomic E-state index is 0.165. The summed E-state index contributed by atoms with van der Waals surface area (Å²) >= 11 is 9.33. The lowest BCUT2D eigenvalue weighted by Gasteiger charge is -2.09. The highest BCUT2D eigenvalue weighted by atomic mass is 79.9. The quantitative estimate of drug-likeness (QED) is 0.883. The van der Waals surface area contributed by atoms with Gasteiger partial charge in [0.25, 0.3) is 5.56 Å². The van der Waals surface area contributed by atoms with Gasteiger partial charge in [-0.3, -0.25) is 4.79 Å². The van der Waals surface area contributed by atoms with Crippen molar-refractivity contribution >= 4 is 27.5 Å². The molecule has 0 amide bonds. The maximum Gasteiger partial charge on any atom is 0.251 e. The summed E-state index contributed by atoms with van der Waals surface area (Å²) in [5, 5.41) is 3.86. The van der Waals surface area contributed by atoms with E-state index in [1.165, 1.54) is 6.07 Å². The summed E-state index contributed by atoms with van der Waals surface area (Å²) in [6.45, 7) is 4.65. The van der Waals surface area contributed by atoms with Crippen LogP contribution in [0, 0.1) is 0 Å². The lowest BCUT2D eigenvalue weighted by atomic mass is 10.2. The summed E-state index contributed by atoms with van der Waals surface area (Å²) in [6.07, 6.45) is 0. The first kappa shape index (κ1) is 15.2. The van der Waals surface area contributed by atoms with Gasteiger partial charge < -0.3 is 10.3 Å². The summed E-state index contributed by atoms with van der Waals surface area (Å²) in [5.41, 5.74) is 1.36. The van der Waals surface area contributed by atoms with Gasteiger partial charge in [0.1, 0.15) is 5.82 Å². The van der Waals surface area contributed by atoms with Gasteiger partial charge in [-0.15, -0.1) is 0 Å². The van der Waals surface area contributed by atoms with Crippen molar-refractivity contribution in [1.82, 2.24) is 15.3 Å². The van der Waals surface area contributed by atoms with E-state index < -0.39 is 0 Å². The molecule has 0 aliphatic heterocycles. The Morgan fingerprint density at radius 3 is 2.80 bits per heavy atom. The van der Waals surface area contributed by atoms with E-state index in [1.807, 2.05) is 26.0 Å². The van der Waals surface area contributed by atoms with Crippen LogP contribution in [0.2, 0.25) is 5.02 Å². The van der Waals surface area contributed by atoms with E-state index in [2.05, 4.69) is 31.2 Å². The molecule has 0 bridgehead atoms. The van der Waals surface area contributed by atoms with E-state index in [0.717, 1.165) is 10.0 Å². The molecule has 0 atom stereocenters. The Morgan fingerprint density at radius 1 is 1.40 bits per heavy atom. The maximum atomic E-state index is 11.7. The Balaban J connectivity index is 2.36. The number of hydrogen-bond donors (Lipinski definition) is 2. The van der Waals surface area contributed by atoms with E-state index in [0.29, 0.717) is 29.1 Å². The van der Waals surface area contributed by atoms with E-state index in [9.17, 15) is 4.79 Å². The van der Waals surface area contributed by atoms with Gasteiger partial charge in [-0.05, 0) is 34.1 Å². The zero-order valence-electron chi connectivity index (χ0n) is 11.2. The average molecular weight is 357 g/mol.